The summed E-state index contributed by atoms with van der Waals surface area (Å²) < 4.78 is 16.4. The van der Waals surface area contributed by atoms with Gasteiger partial charge >= 0.3 is 17.9 Å². The van der Waals surface area contributed by atoms with E-state index in [4.69, 9.17) is 14.2 Å². The molecule has 0 bridgehead atoms. The molecule has 0 saturated heterocycles. The van der Waals surface area contributed by atoms with Crippen molar-refractivity contribution in [3.63, 3.8) is 0 Å². The van der Waals surface area contributed by atoms with Crippen LogP contribution >= 0.6 is 0 Å². The summed E-state index contributed by atoms with van der Waals surface area (Å²) in [5, 5.41) is 2.08. The molecule has 0 heterocycles. The Labute approximate surface area is 189 Å². The zero-order valence-corrected chi connectivity index (χ0v) is 20.1. The predicted octanol–water partition coefficient (Wildman–Crippen LogP) is 4.23. The van der Waals surface area contributed by atoms with Crippen LogP contribution in [-0.4, -0.2) is 52.0 Å². The second-order valence-corrected chi connectivity index (χ2v) is 12.2. The van der Waals surface area contributed by atoms with Crippen molar-refractivity contribution < 1.29 is 28.6 Å². The van der Waals surface area contributed by atoms with Gasteiger partial charge in [0.05, 0.1) is 0 Å². The molecular formula is C24H39O6S+. The molecule has 6 nitrogen and oxygen atoms in total. The van der Waals surface area contributed by atoms with Gasteiger partial charge in [0.1, 0.15) is 34.1 Å². The molecule has 0 amide bonds. The van der Waals surface area contributed by atoms with Gasteiger partial charge in [0, 0.05) is 20.8 Å². The normalized spacial score (nSPS) is 34.9. The molecule has 3 saturated carbocycles. The Morgan fingerprint density at radius 1 is 0.484 bits per heavy atom. The number of esters is 3. The van der Waals surface area contributed by atoms with E-state index < -0.39 is 0 Å². The van der Waals surface area contributed by atoms with Gasteiger partial charge in [-0.1, -0.05) is 0 Å². The molecule has 3 aliphatic carbocycles. The number of hydrogen-bond donors (Lipinski definition) is 0. The first-order valence-corrected chi connectivity index (χ1v) is 13.5. The third-order valence-corrected chi connectivity index (χ3v) is 10.7. The van der Waals surface area contributed by atoms with E-state index in [0.717, 1.165) is 77.0 Å². The van der Waals surface area contributed by atoms with Crippen LogP contribution in [0.3, 0.4) is 0 Å². The minimum absolute atomic E-state index is 0.0820. The zero-order chi connectivity index (χ0) is 22.4. The molecule has 0 aliphatic heterocycles. The summed E-state index contributed by atoms with van der Waals surface area (Å²) in [5.74, 6) is -0.514. The van der Waals surface area contributed by atoms with Crippen LogP contribution in [0.1, 0.15) is 97.8 Å². The average molecular weight is 456 g/mol. The summed E-state index contributed by atoms with van der Waals surface area (Å²) in [6, 6.07) is 0. The van der Waals surface area contributed by atoms with Crippen molar-refractivity contribution in [1.82, 2.24) is 0 Å². The Kier molecular flexibility index (Phi) is 9.11. The number of carbonyl (C=O) groups excluding carboxylic acids is 3. The van der Waals surface area contributed by atoms with Crippen LogP contribution < -0.4 is 0 Å². The van der Waals surface area contributed by atoms with Crippen LogP contribution in [-0.2, 0) is 39.5 Å². The Bertz CT molecular complexity index is 528. The van der Waals surface area contributed by atoms with Gasteiger partial charge in [0.25, 0.3) is 0 Å². The molecule has 0 atom stereocenters. The first-order valence-electron chi connectivity index (χ1n) is 12.0. The van der Waals surface area contributed by atoms with E-state index in [1.807, 2.05) is 0 Å². The first-order chi connectivity index (χ1) is 14.8. The van der Waals surface area contributed by atoms with E-state index in [9.17, 15) is 14.4 Å². The van der Waals surface area contributed by atoms with E-state index in [1.54, 1.807) is 0 Å². The van der Waals surface area contributed by atoms with E-state index in [1.165, 1.54) is 20.8 Å². The highest BCUT2D eigenvalue weighted by molar-refractivity contribution is 7.98. The smallest absolute Gasteiger partial charge is 0.302 e. The van der Waals surface area contributed by atoms with Gasteiger partial charge in [-0.25, -0.2) is 0 Å². The monoisotopic (exact) mass is 455 g/mol. The lowest BCUT2D eigenvalue weighted by Gasteiger charge is -2.39. The second kappa shape index (κ2) is 11.6. The maximum absolute atomic E-state index is 11.3. The third kappa shape index (κ3) is 7.40. The predicted molar refractivity (Wildman–Crippen MR) is 121 cm³/mol. The summed E-state index contributed by atoms with van der Waals surface area (Å²) in [7, 11) is 0.312. The Balaban J connectivity index is 1.62. The molecule has 176 valence electrons. The summed E-state index contributed by atoms with van der Waals surface area (Å²) in [6.45, 7) is 4.50. The highest BCUT2D eigenvalue weighted by atomic mass is 32.2. The molecule has 3 fully saturated rings. The molecule has 31 heavy (non-hydrogen) atoms. The maximum atomic E-state index is 11.3. The minimum Gasteiger partial charge on any atom is -0.463 e. The van der Waals surface area contributed by atoms with Crippen LogP contribution in [0.5, 0.6) is 0 Å². The summed E-state index contributed by atoms with van der Waals surface area (Å²) in [6.07, 6.45) is 12.9. The van der Waals surface area contributed by atoms with Gasteiger partial charge < -0.3 is 14.2 Å². The van der Waals surface area contributed by atoms with Gasteiger partial charge in [-0.15, -0.1) is 0 Å². The van der Waals surface area contributed by atoms with Crippen molar-refractivity contribution in [2.45, 2.75) is 132 Å². The average Bonchev–Trinajstić information content (AvgIpc) is 2.71. The molecule has 0 aromatic carbocycles. The van der Waals surface area contributed by atoms with Crippen LogP contribution in [0.4, 0.5) is 0 Å². The van der Waals surface area contributed by atoms with E-state index in [2.05, 4.69) is 0 Å². The Morgan fingerprint density at radius 3 is 0.903 bits per heavy atom. The molecule has 0 spiro atoms. The molecule has 3 aliphatic rings. The van der Waals surface area contributed by atoms with Crippen molar-refractivity contribution in [3.8, 4) is 0 Å². The number of rotatable bonds is 6. The Morgan fingerprint density at radius 2 is 0.710 bits per heavy atom. The molecule has 0 unspecified atom stereocenters. The molecule has 0 radical (unpaired) electrons. The molecular weight excluding hydrogens is 416 g/mol. The second-order valence-electron chi connectivity index (χ2n) is 9.43. The SMILES string of the molecule is CC(=O)OC1CCC([S+](C2CCC(OC(C)=O)CC2)C2CCC(OC(C)=O)CC2)CC1. The van der Waals surface area contributed by atoms with Gasteiger partial charge in [-0.2, -0.15) is 0 Å². The van der Waals surface area contributed by atoms with E-state index >= 15 is 0 Å². The van der Waals surface area contributed by atoms with Gasteiger partial charge in [-0.3, -0.25) is 14.4 Å². The number of hydrogen-bond acceptors (Lipinski definition) is 6. The fraction of sp³-hybridized carbons (Fsp3) is 0.875. The largest absolute Gasteiger partial charge is 0.463 e. The lowest BCUT2D eigenvalue weighted by Crippen LogP contribution is -2.47. The maximum Gasteiger partial charge on any atom is 0.302 e. The van der Waals surface area contributed by atoms with Crippen molar-refractivity contribution in [2.24, 2.45) is 0 Å². The fourth-order valence-electron chi connectivity index (χ4n) is 5.79. The van der Waals surface area contributed by atoms with Crippen molar-refractivity contribution in [3.05, 3.63) is 0 Å². The van der Waals surface area contributed by atoms with Gasteiger partial charge in [-0.05, 0) is 87.9 Å². The molecule has 0 aromatic heterocycles. The lowest BCUT2D eigenvalue weighted by molar-refractivity contribution is -0.148. The summed E-state index contributed by atoms with van der Waals surface area (Å²) in [5.41, 5.74) is 0. The molecule has 7 heteroatoms. The third-order valence-electron chi connectivity index (χ3n) is 7.02. The summed E-state index contributed by atoms with van der Waals surface area (Å²) in [4.78, 5) is 34.0. The van der Waals surface area contributed by atoms with Crippen LogP contribution in [0.25, 0.3) is 0 Å². The van der Waals surface area contributed by atoms with Crippen molar-refractivity contribution >= 4 is 28.8 Å². The minimum atomic E-state index is -0.171. The fourth-order valence-corrected chi connectivity index (χ4v) is 9.87. The Hall–Kier alpha value is -1.24. The zero-order valence-electron chi connectivity index (χ0n) is 19.3. The quantitative estimate of drug-likeness (QED) is 0.339. The van der Waals surface area contributed by atoms with Crippen LogP contribution in [0.2, 0.25) is 0 Å². The van der Waals surface area contributed by atoms with Crippen molar-refractivity contribution in [1.29, 1.82) is 0 Å². The highest BCUT2D eigenvalue weighted by Gasteiger charge is 2.48. The number of ether oxygens (including phenoxy) is 3. The first kappa shape index (κ1) is 24.4. The standard InChI is InChI=1S/C24H39O6S/c1-16(25)28-19-4-10-22(11-5-19)31(23-12-6-20(7-13-23)29-17(2)26)24-14-8-21(9-15-24)30-18(3)27/h19-24H,4-15H2,1-3H3/q+1. The van der Waals surface area contributed by atoms with Crippen LogP contribution in [0, 0.1) is 0 Å². The topological polar surface area (TPSA) is 78.9 Å². The molecule has 3 rings (SSSR count). The van der Waals surface area contributed by atoms with Crippen LogP contribution in [0.15, 0.2) is 0 Å². The summed E-state index contributed by atoms with van der Waals surface area (Å²) >= 11 is 0. The number of carbonyl (C=O) groups is 3. The van der Waals surface area contributed by atoms with Gasteiger partial charge in [0.2, 0.25) is 0 Å². The van der Waals surface area contributed by atoms with Crippen molar-refractivity contribution in [2.75, 3.05) is 0 Å². The molecule has 0 N–H and O–H groups in total. The van der Waals surface area contributed by atoms with Gasteiger partial charge in [0.15, 0.2) is 0 Å². The molecule has 0 aromatic rings. The highest BCUT2D eigenvalue weighted by Crippen LogP contribution is 2.41. The van der Waals surface area contributed by atoms with E-state index in [0.29, 0.717) is 26.6 Å². The lowest BCUT2D eigenvalue weighted by atomic mass is 9.96. The van der Waals surface area contributed by atoms with E-state index in [-0.39, 0.29) is 36.2 Å².